The van der Waals surface area contributed by atoms with E-state index in [9.17, 15) is 0 Å². The highest BCUT2D eigenvalue weighted by Crippen LogP contribution is 1.89. The summed E-state index contributed by atoms with van der Waals surface area (Å²) in [4.78, 5) is 1.24. The van der Waals surface area contributed by atoms with Crippen molar-refractivity contribution < 1.29 is 0 Å². The van der Waals surface area contributed by atoms with Gasteiger partial charge in [-0.3, -0.25) is 0 Å². The second-order valence-corrected chi connectivity index (χ2v) is 1.53. The van der Waals surface area contributed by atoms with Crippen LogP contribution in [0.5, 0.6) is 0 Å². The molecule has 0 atom stereocenters. The fourth-order valence-corrected chi connectivity index (χ4v) is 0.483. The molecule has 0 aliphatic rings. The van der Waals surface area contributed by atoms with Crippen molar-refractivity contribution in [3.8, 4) is 0 Å². The Bertz CT molecular complexity index is 168. The minimum absolute atomic E-state index is 0.497. The maximum atomic E-state index is 5.25. The van der Waals surface area contributed by atoms with Gasteiger partial charge in [0.15, 0.2) is 0 Å². The first-order valence-corrected chi connectivity index (χ1v) is 2.31. The van der Waals surface area contributed by atoms with E-state index in [-0.39, 0.29) is 0 Å². The van der Waals surface area contributed by atoms with Crippen LogP contribution in [0.1, 0.15) is 5.56 Å². The van der Waals surface area contributed by atoms with Gasteiger partial charge in [0.05, 0.1) is 12.4 Å². The Morgan fingerprint density at radius 2 is 2.50 bits per heavy atom. The van der Waals surface area contributed by atoms with E-state index < -0.39 is 0 Å². The van der Waals surface area contributed by atoms with Crippen LogP contribution in [0.4, 0.5) is 0 Å². The zero-order chi connectivity index (χ0) is 5.98. The molecule has 0 fully saturated rings. The molecule has 1 aromatic rings. The molecule has 0 aliphatic carbocycles. The highest BCUT2D eigenvalue weighted by atomic mass is 15.5. The smallest absolute Gasteiger partial charge is 0.0555 e. The van der Waals surface area contributed by atoms with Gasteiger partial charge in [0.25, 0.3) is 0 Å². The Kier molecular flexibility index (Phi) is 1.17. The van der Waals surface area contributed by atoms with Gasteiger partial charge < -0.3 is 11.6 Å². The maximum Gasteiger partial charge on any atom is 0.0555 e. The van der Waals surface area contributed by atoms with Crippen molar-refractivity contribution in [1.82, 2.24) is 9.89 Å². The van der Waals surface area contributed by atoms with Gasteiger partial charge in [0.1, 0.15) is 0 Å². The summed E-state index contributed by atoms with van der Waals surface area (Å²) in [5, 5.41) is 3.70. The Morgan fingerprint density at radius 3 is 2.75 bits per heavy atom. The van der Waals surface area contributed by atoms with E-state index in [4.69, 9.17) is 11.6 Å². The molecule has 0 aliphatic heterocycles. The number of hydrogen-bond acceptors (Lipinski definition) is 3. The second kappa shape index (κ2) is 1.83. The lowest BCUT2D eigenvalue weighted by Crippen LogP contribution is -2.07. The Labute approximate surface area is 47.1 Å². The van der Waals surface area contributed by atoms with E-state index in [1.165, 1.54) is 4.79 Å². The number of hydrogen-bond donors (Lipinski definition) is 2. The molecule has 0 aromatic carbocycles. The molecule has 0 saturated heterocycles. The summed E-state index contributed by atoms with van der Waals surface area (Å²) in [7, 11) is 0. The average molecular weight is 112 g/mol. The first kappa shape index (κ1) is 5.11. The van der Waals surface area contributed by atoms with Gasteiger partial charge in [-0.15, -0.1) is 0 Å². The molecule has 4 heteroatoms. The SMILES string of the molecule is NCc1cnn(N)c1. The molecule has 8 heavy (non-hydrogen) atoms. The Balaban J connectivity index is 2.84. The highest BCUT2D eigenvalue weighted by Gasteiger charge is 1.88. The molecule has 44 valence electrons. The minimum Gasteiger partial charge on any atom is -0.326 e. The lowest BCUT2D eigenvalue weighted by atomic mass is 10.4. The van der Waals surface area contributed by atoms with Crippen LogP contribution in [-0.2, 0) is 6.54 Å². The van der Waals surface area contributed by atoms with Crippen molar-refractivity contribution >= 4 is 0 Å². The molecule has 0 unspecified atom stereocenters. The predicted octanol–water partition coefficient (Wildman–Crippen LogP) is -0.944. The second-order valence-electron chi connectivity index (χ2n) is 1.53. The summed E-state index contributed by atoms with van der Waals surface area (Å²) in [6, 6.07) is 0. The van der Waals surface area contributed by atoms with Crippen molar-refractivity contribution in [1.29, 1.82) is 0 Å². The maximum absolute atomic E-state index is 5.25. The van der Waals surface area contributed by atoms with Gasteiger partial charge in [0, 0.05) is 12.1 Å². The molecule has 0 radical (unpaired) electrons. The van der Waals surface area contributed by atoms with Crippen LogP contribution in [0.15, 0.2) is 12.4 Å². The van der Waals surface area contributed by atoms with Gasteiger partial charge in [-0.25, -0.2) is 0 Å². The standard InChI is InChI=1S/C4H8N4/c5-1-4-2-7-8(6)3-4/h2-3H,1,5-6H2. The largest absolute Gasteiger partial charge is 0.326 e. The van der Waals surface area contributed by atoms with Crippen molar-refractivity contribution in [2.24, 2.45) is 5.73 Å². The van der Waals surface area contributed by atoms with Crippen LogP contribution in [-0.4, -0.2) is 9.89 Å². The van der Waals surface area contributed by atoms with E-state index >= 15 is 0 Å². The Hall–Kier alpha value is -1.03. The number of aromatic nitrogens is 2. The first-order valence-electron chi connectivity index (χ1n) is 2.31. The van der Waals surface area contributed by atoms with Crippen LogP contribution in [0.2, 0.25) is 0 Å². The molecule has 1 rings (SSSR count). The summed E-state index contributed by atoms with van der Waals surface area (Å²) in [5.74, 6) is 5.20. The summed E-state index contributed by atoms with van der Waals surface area (Å²) in [6.07, 6.45) is 3.32. The van der Waals surface area contributed by atoms with Gasteiger partial charge in [0.2, 0.25) is 0 Å². The van der Waals surface area contributed by atoms with Crippen LogP contribution < -0.4 is 11.6 Å². The van der Waals surface area contributed by atoms with Crippen LogP contribution in [0, 0.1) is 0 Å². The van der Waals surface area contributed by atoms with Gasteiger partial charge in [-0.1, -0.05) is 0 Å². The van der Waals surface area contributed by atoms with Crippen LogP contribution >= 0.6 is 0 Å². The number of nitrogens with two attached hydrogens (primary N) is 2. The molecule has 1 aromatic heterocycles. The zero-order valence-electron chi connectivity index (χ0n) is 4.41. The van der Waals surface area contributed by atoms with Gasteiger partial charge >= 0.3 is 0 Å². The fraction of sp³-hybridized carbons (Fsp3) is 0.250. The van der Waals surface area contributed by atoms with Crippen LogP contribution in [0.25, 0.3) is 0 Å². The van der Waals surface area contributed by atoms with Crippen molar-refractivity contribution in [2.75, 3.05) is 5.84 Å². The quantitative estimate of drug-likeness (QED) is 0.460. The third-order valence-corrected chi connectivity index (χ3v) is 0.891. The summed E-state index contributed by atoms with van der Waals surface area (Å²) >= 11 is 0. The van der Waals surface area contributed by atoms with E-state index in [0.717, 1.165) is 5.56 Å². The molecule has 1 heterocycles. The highest BCUT2D eigenvalue weighted by molar-refractivity contribution is 5.02. The third kappa shape index (κ3) is 0.788. The third-order valence-electron chi connectivity index (χ3n) is 0.891. The van der Waals surface area contributed by atoms with Crippen LogP contribution in [0.3, 0.4) is 0 Å². The normalized spacial score (nSPS) is 9.62. The summed E-state index contributed by atoms with van der Waals surface area (Å²) in [6.45, 7) is 0.497. The number of nitrogens with zero attached hydrogens (tertiary/aromatic N) is 2. The van der Waals surface area contributed by atoms with Gasteiger partial charge in [-0.05, 0) is 0 Å². The molecule has 0 spiro atoms. The van der Waals surface area contributed by atoms with Gasteiger partial charge in [-0.2, -0.15) is 9.89 Å². The molecule has 0 bridgehead atoms. The fourth-order valence-electron chi connectivity index (χ4n) is 0.483. The molecule has 0 saturated carbocycles. The van der Waals surface area contributed by atoms with Crippen molar-refractivity contribution in [3.63, 3.8) is 0 Å². The monoisotopic (exact) mass is 112 g/mol. The average Bonchev–Trinajstić information content (AvgIpc) is 2.14. The molecular formula is C4H8N4. The minimum atomic E-state index is 0.497. The van der Waals surface area contributed by atoms with E-state index in [1.807, 2.05) is 0 Å². The summed E-state index contributed by atoms with van der Waals surface area (Å²) in [5.41, 5.74) is 6.21. The molecule has 4 N–H and O–H groups in total. The number of rotatable bonds is 1. The van der Waals surface area contributed by atoms with Crippen molar-refractivity contribution in [2.45, 2.75) is 6.54 Å². The topological polar surface area (TPSA) is 69.9 Å². The molecular weight excluding hydrogens is 104 g/mol. The lowest BCUT2D eigenvalue weighted by molar-refractivity contribution is 0.831. The first-order chi connectivity index (χ1) is 3.83. The summed E-state index contributed by atoms with van der Waals surface area (Å²) < 4.78 is 0. The lowest BCUT2D eigenvalue weighted by Gasteiger charge is -1.82. The number of nitrogen functional groups attached to an aromatic ring is 1. The van der Waals surface area contributed by atoms with E-state index in [1.54, 1.807) is 12.4 Å². The van der Waals surface area contributed by atoms with Crippen molar-refractivity contribution in [3.05, 3.63) is 18.0 Å². The molecule has 0 amide bonds. The Morgan fingerprint density at radius 1 is 1.75 bits per heavy atom. The molecule has 4 nitrogen and oxygen atoms in total. The van der Waals surface area contributed by atoms with E-state index in [2.05, 4.69) is 5.10 Å². The predicted molar refractivity (Wildman–Crippen MR) is 30.3 cm³/mol. The van der Waals surface area contributed by atoms with E-state index in [0.29, 0.717) is 6.54 Å². The zero-order valence-corrected chi connectivity index (χ0v) is 4.41.